The number of sulfone groups is 1. The first kappa shape index (κ1) is 24.1. The molecule has 0 radical (unpaired) electrons. The number of anilines is 2. The first-order valence-electron chi connectivity index (χ1n) is 12.1. The summed E-state index contributed by atoms with van der Waals surface area (Å²) in [5.41, 5.74) is 5.86. The number of piperidine rings is 1. The summed E-state index contributed by atoms with van der Waals surface area (Å²) in [4.78, 5) is 11.5. The second-order valence-corrected chi connectivity index (χ2v) is 11.7. The molecule has 0 unspecified atom stereocenters. The van der Waals surface area contributed by atoms with E-state index in [-0.39, 0.29) is 5.25 Å². The van der Waals surface area contributed by atoms with Gasteiger partial charge in [0.2, 0.25) is 5.95 Å². The highest BCUT2D eigenvalue weighted by Gasteiger charge is 2.26. The predicted octanol–water partition coefficient (Wildman–Crippen LogP) is 4.39. The maximum atomic E-state index is 11.9. The third kappa shape index (κ3) is 5.63. The van der Waals surface area contributed by atoms with Crippen LogP contribution >= 0.6 is 0 Å². The molecule has 0 saturated carbocycles. The highest BCUT2D eigenvalue weighted by molar-refractivity contribution is 7.91. The van der Waals surface area contributed by atoms with E-state index in [2.05, 4.69) is 45.4 Å². The number of aromatic nitrogens is 4. The summed E-state index contributed by atoms with van der Waals surface area (Å²) >= 11 is 0. The third-order valence-electron chi connectivity index (χ3n) is 6.50. The molecular weight excluding hydrogens is 472 g/mol. The van der Waals surface area contributed by atoms with Gasteiger partial charge in [-0.2, -0.15) is 5.10 Å². The number of rotatable bonds is 7. The molecule has 3 heterocycles. The van der Waals surface area contributed by atoms with Crippen molar-refractivity contribution in [2.45, 2.75) is 31.6 Å². The normalized spacial score (nSPS) is 15.2. The Balaban J connectivity index is 1.31. The molecule has 8 nitrogen and oxygen atoms in total. The van der Waals surface area contributed by atoms with Crippen LogP contribution in [0.15, 0.2) is 73.1 Å². The molecule has 2 aromatic heterocycles. The lowest BCUT2D eigenvalue weighted by molar-refractivity contribution is 0.222. The van der Waals surface area contributed by atoms with Crippen LogP contribution in [-0.2, 0) is 16.4 Å². The Morgan fingerprint density at radius 3 is 2.53 bits per heavy atom. The van der Waals surface area contributed by atoms with Gasteiger partial charge in [-0.25, -0.2) is 23.1 Å². The van der Waals surface area contributed by atoms with Gasteiger partial charge in [0.25, 0.3) is 0 Å². The number of benzene rings is 2. The highest BCUT2D eigenvalue weighted by atomic mass is 32.2. The molecule has 0 spiro atoms. The smallest absolute Gasteiger partial charge is 0.227 e. The number of nitrogens with one attached hydrogen (secondary N) is 1. The maximum absolute atomic E-state index is 11.9. The standard InChI is InChI=1S/C27H30N6O2S/c1-20-16-21(19-32-14-10-24(11-15-32)36(2,34)35)18-22(17-20)30-27-28-12-8-25(31-27)26-9-13-29-33(26)23-6-4-3-5-7-23/h3-9,12-13,16-18,24H,10-11,14-15,19H2,1-2H3,(H,28,30,31). The molecule has 186 valence electrons. The van der Waals surface area contributed by atoms with Gasteiger partial charge < -0.3 is 5.32 Å². The Hall–Kier alpha value is -3.56. The van der Waals surface area contributed by atoms with Gasteiger partial charge in [0.1, 0.15) is 9.84 Å². The van der Waals surface area contributed by atoms with E-state index in [0.717, 1.165) is 48.0 Å². The number of nitrogens with zero attached hydrogens (tertiary/aromatic N) is 5. The van der Waals surface area contributed by atoms with Crippen molar-refractivity contribution in [3.8, 4) is 17.1 Å². The number of para-hydroxylation sites is 1. The molecule has 1 aliphatic heterocycles. The van der Waals surface area contributed by atoms with Crippen molar-refractivity contribution in [2.24, 2.45) is 0 Å². The molecular formula is C27H30N6O2S. The fraction of sp³-hybridized carbons (Fsp3) is 0.296. The lowest BCUT2D eigenvalue weighted by Crippen LogP contribution is -2.38. The molecule has 1 aliphatic rings. The molecule has 1 fully saturated rings. The number of likely N-dealkylation sites (tertiary alicyclic amines) is 1. The lowest BCUT2D eigenvalue weighted by atomic mass is 10.1. The molecule has 1 N–H and O–H groups in total. The zero-order chi connectivity index (χ0) is 25.1. The SMILES string of the molecule is Cc1cc(CN2CCC(S(C)(=O)=O)CC2)cc(Nc2nccc(-c3ccnn3-c3ccccc3)n2)c1. The molecule has 0 bridgehead atoms. The van der Waals surface area contributed by atoms with Crippen LogP contribution in [0.5, 0.6) is 0 Å². The summed E-state index contributed by atoms with van der Waals surface area (Å²) in [6, 6.07) is 20.1. The highest BCUT2D eigenvalue weighted by Crippen LogP contribution is 2.25. The Kier molecular flexibility index (Phi) is 6.84. The van der Waals surface area contributed by atoms with Crippen molar-refractivity contribution < 1.29 is 8.42 Å². The van der Waals surface area contributed by atoms with E-state index in [1.807, 2.05) is 47.1 Å². The monoisotopic (exact) mass is 502 g/mol. The number of hydrogen-bond donors (Lipinski definition) is 1. The number of aryl methyl sites for hydroxylation is 1. The van der Waals surface area contributed by atoms with Crippen molar-refractivity contribution in [1.82, 2.24) is 24.6 Å². The van der Waals surface area contributed by atoms with Crippen molar-refractivity contribution >= 4 is 21.5 Å². The predicted molar refractivity (Wildman–Crippen MR) is 142 cm³/mol. The van der Waals surface area contributed by atoms with Gasteiger partial charge in [0.15, 0.2) is 0 Å². The molecule has 9 heteroatoms. The second kappa shape index (κ2) is 10.2. The van der Waals surface area contributed by atoms with Crippen molar-refractivity contribution in [1.29, 1.82) is 0 Å². The van der Waals surface area contributed by atoms with E-state index in [0.29, 0.717) is 18.8 Å². The molecule has 4 aromatic rings. The Bertz CT molecular complexity index is 1440. The fourth-order valence-electron chi connectivity index (χ4n) is 4.74. The van der Waals surface area contributed by atoms with Crippen molar-refractivity contribution in [3.05, 3.63) is 84.2 Å². The van der Waals surface area contributed by atoms with E-state index < -0.39 is 9.84 Å². The van der Waals surface area contributed by atoms with Crippen LogP contribution in [0.25, 0.3) is 17.1 Å². The first-order valence-corrected chi connectivity index (χ1v) is 14.0. The zero-order valence-electron chi connectivity index (χ0n) is 20.5. The Morgan fingerprint density at radius 1 is 1.00 bits per heavy atom. The molecule has 1 saturated heterocycles. The van der Waals surface area contributed by atoms with Crippen molar-refractivity contribution in [2.75, 3.05) is 24.7 Å². The molecule has 2 aromatic carbocycles. The van der Waals surface area contributed by atoms with Crippen LogP contribution < -0.4 is 5.32 Å². The quantitative estimate of drug-likeness (QED) is 0.401. The average Bonchev–Trinajstić information content (AvgIpc) is 3.34. The van der Waals surface area contributed by atoms with Crippen LogP contribution in [0.3, 0.4) is 0 Å². The summed E-state index contributed by atoms with van der Waals surface area (Å²) in [5.74, 6) is 0.513. The summed E-state index contributed by atoms with van der Waals surface area (Å²) in [6.07, 6.45) is 6.24. The molecule has 0 atom stereocenters. The lowest BCUT2D eigenvalue weighted by Gasteiger charge is -2.31. The van der Waals surface area contributed by atoms with Crippen LogP contribution in [0.1, 0.15) is 24.0 Å². The van der Waals surface area contributed by atoms with Gasteiger partial charge in [-0.1, -0.05) is 24.3 Å². The van der Waals surface area contributed by atoms with Crippen LogP contribution in [0.2, 0.25) is 0 Å². The van der Waals surface area contributed by atoms with E-state index in [4.69, 9.17) is 4.98 Å². The molecule has 5 rings (SSSR count). The van der Waals surface area contributed by atoms with Gasteiger partial charge in [0.05, 0.1) is 28.5 Å². The summed E-state index contributed by atoms with van der Waals surface area (Å²) < 4.78 is 25.6. The van der Waals surface area contributed by atoms with E-state index in [1.165, 1.54) is 11.8 Å². The van der Waals surface area contributed by atoms with Gasteiger partial charge in [-0.05, 0) is 80.4 Å². The summed E-state index contributed by atoms with van der Waals surface area (Å²) in [5, 5.41) is 7.62. The van der Waals surface area contributed by atoms with Gasteiger partial charge >= 0.3 is 0 Å². The largest absolute Gasteiger partial charge is 0.324 e. The van der Waals surface area contributed by atoms with Gasteiger partial charge in [-0.15, -0.1) is 0 Å². The van der Waals surface area contributed by atoms with Crippen LogP contribution in [0, 0.1) is 6.92 Å². The second-order valence-electron chi connectivity index (χ2n) is 9.37. The average molecular weight is 503 g/mol. The van der Waals surface area contributed by atoms with Gasteiger partial charge in [-0.3, -0.25) is 4.90 Å². The summed E-state index contributed by atoms with van der Waals surface area (Å²) in [6.45, 7) is 4.42. The molecule has 0 amide bonds. The third-order valence-corrected chi connectivity index (χ3v) is 8.18. The van der Waals surface area contributed by atoms with E-state index >= 15 is 0 Å². The fourth-order valence-corrected chi connectivity index (χ4v) is 5.81. The minimum atomic E-state index is -2.96. The van der Waals surface area contributed by atoms with Crippen LogP contribution in [0.4, 0.5) is 11.6 Å². The minimum absolute atomic E-state index is 0.217. The maximum Gasteiger partial charge on any atom is 0.227 e. The number of hydrogen-bond acceptors (Lipinski definition) is 7. The Morgan fingerprint density at radius 2 is 1.78 bits per heavy atom. The van der Waals surface area contributed by atoms with Crippen LogP contribution in [-0.4, -0.2) is 57.7 Å². The van der Waals surface area contributed by atoms with E-state index in [9.17, 15) is 8.42 Å². The van der Waals surface area contributed by atoms with Gasteiger partial charge in [0, 0.05) is 24.7 Å². The Labute approximate surface area is 211 Å². The molecule has 36 heavy (non-hydrogen) atoms. The first-order chi connectivity index (χ1) is 17.3. The topological polar surface area (TPSA) is 93.0 Å². The van der Waals surface area contributed by atoms with E-state index in [1.54, 1.807) is 12.4 Å². The molecule has 0 aliphatic carbocycles. The zero-order valence-corrected chi connectivity index (χ0v) is 21.3. The minimum Gasteiger partial charge on any atom is -0.324 e. The summed E-state index contributed by atoms with van der Waals surface area (Å²) in [7, 11) is -2.96. The van der Waals surface area contributed by atoms with Crippen molar-refractivity contribution in [3.63, 3.8) is 0 Å².